The van der Waals surface area contributed by atoms with E-state index in [1.807, 2.05) is 25.1 Å². The summed E-state index contributed by atoms with van der Waals surface area (Å²) in [6, 6.07) is 9.81. The molecule has 2 aromatic rings. The van der Waals surface area contributed by atoms with E-state index in [-0.39, 0.29) is 6.04 Å². The van der Waals surface area contributed by atoms with Gasteiger partial charge < -0.3 is 4.74 Å². The van der Waals surface area contributed by atoms with Gasteiger partial charge in [0.15, 0.2) is 0 Å². The zero-order chi connectivity index (χ0) is 15.6. The molecule has 0 aromatic heterocycles. The average Bonchev–Trinajstić information content (AvgIpc) is 2.45. The quantitative estimate of drug-likeness (QED) is 0.666. The Bertz CT molecular complexity index is 655. The van der Waals surface area contributed by atoms with E-state index in [0.29, 0.717) is 0 Å². The molecule has 0 amide bonds. The summed E-state index contributed by atoms with van der Waals surface area (Å²) in [4.78, 5) is 0. The van der Waals surface area contributed by atoms with Gasteiger partial charge in [0.2, 0.25) is 0 Å². The van der Waals surface area contributed by atoms with E-state index < -0.39 is 0 Å². The fourth-order valence-corrected chi connectivity index (χ4v) is 2.85. The molecule has 2 aromatic carbocycles. The summed E-state index contributed by atoms with van der Waals surface area (Å²) in [7, 11) is 1.69. The van der Waals surface area contributed by atoms with Crippen molar-refractivity contribution in [3.05, 3.63) is 63.2 Å². The SMILES string of the molecule is COc1c(C(NN)c2ccc(Cl)cc2C)ccc(C)c1C. The Kier molecular flexibility index (Phi) is 4.88. The van der Waals surface area contributed by atoms with Crippen LogP contribution in [0.1, 0.15) is 33.9 Å². The lowest BCUT2D eigenvalue weighted by molar-refractivity contribution is 0.400. The van der Waals surface area contributed by atoms with Crippen LogP contribution in [0.3, 0.4) is 0 Å². The number of halogens is 1. The Morgan fingerprint density at radius 2 is 1.71 bits per heavy atom. The van der Waals surface area contributed by atoms with Crippen LogP contribution in [-0.4, -0.2) is 7.11 Å². The topological polar surface area (TPSA) is 47.3 Å². The van der Waals surface area contributed by atoms with Crippen LogP contribution in [0.25, 0.3) is 0 Å². The molecule has 0 aliphatic rings. The zero-order valence-corrected chi connectivity index (χ0v) is 13.6. The van der Waals surface area contributed by atoms with E-state index in [9.17, 15) is 0 Å². The van der Waals surface area contributed by atoms with Gasteiger partial charge in [-0.3, -0.25) is 5.84 Å². The van der Waals surface area contributed by atoms with E-state index in [1.165, 1.54) is 5.56 Å². The summed E-state index contributed by atoms with van der Waals surface area (Å²) in [5.41, 5.74) is 8.41. The molecule has 3 N–H and O–H groups in total. The predicted octanol–water partition coefficient (Wildman–Crippen LogP) is 3.83. The van der Waals surface area contributed by atoms with Gasteiger partial charge in [-0.2, -0.15) is 0 Å². The van der Waals surface area contributed by atoms with Gasteiger partial charge in [0.1, 0.15) is 5.75 Å². The number of nitrogens with two attached hydrogens (primary N) is 1. The minimum Gasteiger partial charge on any atom is -0.496 e. The van der Waals surface area contributed by atoms with Crippen molar-refractivity contribution in [3.63, 3.8) is 0 Å². The van der Waals surface area contributed by atoms with Crippen molar-refractivity contribution >= 4 is 11.6 Å². The molecule has 1 unspecified atom stereocenters. The van der Waals surface area contributed by atoms with E-state index in [2.05, 4.69) is 31.4 Å². The van der Waals surface area contributed by atoms with Crippen LogP contribution >= 0.6 is 11.6 Å². The van der Waals surface area contributed by atoms with Gasteiger partial charge in [-0.1, -0.05) is 29.8 Å². The smallest absolute Gasteiger partial charge is 0.127 e. The Morgan fingerprint density at radius 1 is 1.05 bits per heavy atom. The molecule has 0 radical (unpaired) electrons. The third-order valence-corrected chi connectivity index (χ3v) is 4.17. The lowest BCUT2D eigenvalue weighted by atomic mass is 9.92. The Hall–Kier alpha value is -1.55. The number of benzene rings is 2. The Labute approximate surface area is 131 Å². The van der Waals surface area contributed by atoms with E-state index in [4.69, 9.17) is 22.2 Å². The maximum absolute atomic E-state index is 6.04. The standard InChI is InChI=1S/C17H21ClN2O/c1-10-5-7-15(17(21-4)12(10)3)16(20-19)14-8-6-13(18)9-11(14)2/h5-9,16,20H,19H2,1-4H3. The predicted molar refractivity (Wildman–Crippen MR) is 87.8 cm³/mol. The second-order valence-electron chi connectivity index (χ2n) is 5.23. The summed E-state index contributed by atoms with van der Waals surface area (Å²) in [5, 5.41) is 0.721. The minimum atomic E-state index is -0.142. The number of nitrogens with one attached hydrogen (secondary N) is 1. The van der Waals surface area contributed by atoms with Gasteiger partial charge in [0.25, 0.3) is 0 Å². The number of aryl methyl sites for hydroxylation is 2. The summed E-state index contributed by atoms with van der Waals surface area (Å²) >= 11 is 6.04. The first kappa shape index (κ1) is 15.8. The van der Waals surface area contributed by atoms with Crippen LogP contribution in [0.2, 0.25) is 5.02 Å². The minimum absolute atomic E-state index is 0.142. The molecule has 0 aliphatic carbocycles. The second-order valence-corrected chi connectivity index (χ2v) is 5.67. The number of hydrazine groups is 1. The van der Waals surface area contributed by atoms with Crippen LogP contribution in [0.15, 0.2) is 30.3 Å². The molecular weight excluding hydrogens is 284 g/mol. The zero-order valence-electron chi connectivity index (χ0n) is 12.8. The van der Waals surface area contributed by atoms with Crippen LogP contribution in [0, 0.1) is 20.8 Å². The van der Waals surface area contributed by atoms with Gasteiger partial charge in [-0.15, -0.1) is 0 Å². The van der Waals surface area contributed by atoms with Gasteiger partial charge in [-0.05, 0) is 55.2 Å². The monoisotopic (exact) mass is 304 g/mol. The molecule has 0 saturated carbocycles. The van der Waals surface area contributed by atoms with E-state index in [0.717, 1.165) is 33.0 Å². The molecule has 21 heavy (non-hydrogen) atoms. The lowest BCUT2D eigenvalue weighted by Gasteiger charge is -2.23. The molecule has 1 atom stereocenters. The first-order chi connectivity index (χ1) is 9.99. The highest BCUT2D eigenvalue weighted by molar-refractivity contribution is 6.30. The molecule has 0 fully saturated rings. The molecule has 4 heteroatoms. The van der Waals surface area contributed by atoms with Crippen molar-refractivity contribution in [3.8, 4) is 5.75 Å². The number of rotatable bonds is 4. The lowest BCUT2D eigenvalue weighted by Crippen LogP contribution is -2.30. The van der Waals surface area contributed by atoms with Crippen molar-refractivity contribution < 1.29 is 4.74 Å². The molecule has 2 rings (SSSR count). The van der Waals surface area contributed by atoms with Crippen molar-refractivity contribution in [2.24, 2.45) is 5.84 Å². The fraction of sp³-hybridized carbons (Fsp3) is 0.294. The van der Waals surface area contributed by atoms with Crippen molar-refractivity contribution in [2.75, 3.05) is 7.11 Å². The van der Waals surface area contributed by atoms with Crippen molar-refractivity contribution in [1.82, 2.24) is 5.43 Å². The summed E-state index contributed by atoms with van der Waals surface area (Å²) in [5.74, 6) is 6.68. The maximum Gasteiger partial charge on any atom is 0.127 e. The van der Waals surface area contributed by atoms with Gasteiger partial charge in [0.05, 0.1) is 13.2 Å². The molecular formula is C17H21ClN2O. The van der Waals surface area contributed by atoms with Gasteiger partial charge in [0, 0.05) is 10.6 Å². The normalized spacial score (nSPS) is 12.3. The van der Waals surface area contributed by atoms with Crippen molar-refractivity contribution in [2.45, 2.75) is 26.8 Å². The average molecular weight is 305 g/mol. The first-order valence-corrected chi connectivity index (χ1v) is 7.23. The Morgan fingerprint density at radius 3 is 2.29 bits per heavy atom. The van der Waals surface area contributed by atoms with Gasteiger partial charge >= 0.3 is 0 Å². The highest BCUT2D eigenvalue weighted by atomic mass is 35.5. The second kappa shape index (κ2) is 6.48. The molecule has 0 aliphatic heterocycles. The van der Waals surface area contributed by atoms with E-state index >= 15 is 0 Å². The van der Waals surface area contributed by atoms with Crippen LogP contribution in [0.5, 0.6) is 5.75 Å². The molecule has 0 saturated heterocycles. The van der Waals surface area contributed by atoms with Crippen LogP contribution < -0.4 is 16.0 Å². The number of hydrogen-bond donors (Lipinski definition) is 2. The maximum atomic E-state index is 6.04. The molecule has 112 valence electrons. The van der Waals surface area contributed by atoms with Crippen LogP contribution in [0.4, 0.5) is 0 Å². The van der Waals surface area contributed by atoms with Crippen LogP contribution in [-0.2, 0) is 0 Å². The van der Waals surface area contributed by atoms with Gasteiger partial charge in [-0.25, -0.2) is 5.43 Å². The summed E-state index contributed by atoms with van der Waals surface area (Å²) < 4.78 is 5.60. The van der Waals surface area contributed by atoms with E-state index in [1.54, 1.807) is 7.11 Å². The molecule has 0 heterocycles. The highest BCUT2D eigenvalue weighted by Crippen LogP contribution is 2.35. The largest absolute Gasteiger partial charge is 0.496 e. The number of ether oxygens (including phenoxy) is 1. The van der Waals surface area contributed by atoms with Crippen molar-refractivity contribution in [1.29, 1.82) is 0 Å². The summed E-state index contributed by atoms with van der Waals surface area (Å²) in [6.45, 7) is 6.15. The summed E-state index contributed by atoms with van der Waals surface area (Å²) in [6.07, 6.45) is 0. The fourth-order valence-electron chi connectivity index (χ4n) is 2.62. The number of hydrogen-bond acceptors (Lipinski definition) is 3. The Balaban J connectivity index is 2.59. The molecule has 0 spiro atoms. The third-order valence-electron chi connectivity index (χ3n) is 3.93. The number of methoxy groups -OCH3 is 1. The first-order valence-electron chi connectivity index (χ1n) is 6.85. The molecule has 0 bridgehead atoms. The third kappa shape index (κ3) is 3.05. The highest BCUT2D eigenvalue weighted by Gasteiger charge is 2.20. The molecule has 3 nitrogen and oxygen atoms in total.